The molecule has 8 aromatic rings. The minimum absolute atomic E-state index is 0.395. The van der Waals surface area contributed by atoms with Crippen LogP contribution in [-0.2, 0) is 0 Å². The fraction of sp³-hybridized carbons (Fsp3) is 0. The Morgan fingerprint density at radius 2 is 0.742 bits per heavy atom. The Bertz CT molecular complexity index is 1990. The topological polar surface area (TPSA) is 0 Å². The van der Waals surface area contributed by atoms with E-state index in [4.69, 9.17) is 0 Å². The van der Waals surface area contributed by atoms with Crippen molar-refractivity contribution in [3.05, 3.63) is 84.9 Å². The predicted octanol–water partition coefficient (Wildman–Crippen LogP) is 6.93. The van der Waals surface area contributed by atoms with Crippen molar-refractivity contribution in [2.75, 3.05) is 0 Å². The number of hydrogen-bond acceptors (Lipinski definition) is 0. The van der Waals surface area contributed by atoms with Crippen molar-refractivity contribution >= 4 is 112 Å². The summed E-state index contributed by atoms with van der Waals surface area (Å²) < 4.78 is 9.36. The summed E-state index contributed by atoms with van der Waals surface area (Å²) in [5.41, 5.74) is 0. The van der Waals surface area contributed by atoms with Gasteiger partial charge in [0, 0.05) is 0 Å². The summed E-state index contributed by atoms with van der Waals surface area (Å²) in [7, 11) is 0. The van der Waals surface area contributed by atoms with Crippen LogP contribution in [0.15, 0.2) is 84.9 Å². The van der Waals surface area contributed by atoms with Gasteiger partial charge in [0.05, 0.1) is 0 Å². The summed E-state index contributed by atoms with van der Waals surface area (Å²) in [5, 5.41) is 11.7. The van der Waals surface area contributed by atoms with Crippen LogP contribution in [-0.4, -0.2) is 43.5 Å². The second-order valence-corrected chi connectivity index (χ2v) is 15.0. The summed E-state index contributed by atoms with van der Waals surface area (Å²) in [6, 6.07) is 32.8. The maximum atomic E-state index is 2.55. The van der Waals surface area contributed by atoms with Crippen molar-refractivity contribution in [3.63, 3.8) is 0 Å². The van der Waals surface area contributed by atoms with E-state index in [1.807, 2.05) is 0 Å². The third kappa shape index (κ3) is 2.43. The summed E-state index contributed by atoms with van der Waals surface area (Å²) in [5.74, 6) is 0. The normalized spacial score (nSPS) is 12.5. The molecular weight excluding hydrogens is 573 g/mol. The van der Waals surface area contributed by atoms with E-state index in [1.165, 1.54) is 43.1 Å². The van der Waals surface area contributed by atoms with Gasteiger partial charge in [0.2, 0.25) is 0 Å². The first kappa shape index (κ1) is 17.5. The van der Waals surface area contributed by atoms with Crippen LogP contribution in [0.25, 0.3) is 68.7 Å². The van der Waals surface area contributed by atoms with Crippen molar-refractivity contribution in [1.82, 2.24) is 0 Å². The SMILES string of the molecule is c1ccc2cc3c(cc2c1)[se]c1cc2c(cc13)[se]c1cc3c(cc12)[se]c1ccccc13. The number of benzene rings is 5. The predicted molar refractivity (Wildman–Crippen MR) is 140 cm³/mol. The molecular formula is C28H14Se3. The molecule has 3 heteroatoms. The van der Waals surface area contributed by atoms with Gasteiger partial charge in [-0.3, -0.25) is 0 Å². The van der Waals surface area contributed by atoms with Crippen LogP contribution >= 0.6 is 0 Å². The molecule has 0 saturated carbocycles. The van der Waals surface area contributed by atoms with Crippen LogP contribution in [0, 0.1) is 0 Å². The summed E-state index contributed by atoms with van der Waals surface area (Å²) in [6.07, 6.45) is 0. The second kappa shape index (κ2) is 6.24. The summed E-state index contributed by atoms with van der Waals surface area (Å²) >= 11 is 1.23. The Labute approximate surface area is 195 Å². The molecule has 0 unspecified atom stereocenters. The standard InChI is InChI=1S/C28H14Se3/c1-2-6-16-10-24-18(9-15(16)5-1)20-12-28-22(14-27(20)30-24)21-13-25-19(11-26(21)31-28)17-7-3-4-8-23(17)29-25/h1-14H. The molecule has 8 rings (SSSR count). The molecule has 0 nitrogen and oxygen atoms in total. The van der Waals surface area contributed by atoms with E-state index < -0.39 is 0 Å². The molecule has 0 aliphatic rings. The van der Waals surface area contributed by atoms with Crippen molar-refractivity contribution < 1.29 is 0 Å². The number of fused-ring (bicyclic) bond motifs is 10. The molecule has 3 aromatic heterocycles. The first-order valence-corrected chi connectivity index (χ1v) is 15.5. The number of rotatable bonds is 0. The third-order valence-electron chi connectivity index (χ3n) is 6.43. The molecule has 31 heavy (non-hydrogen) atoms. The Kier molecular flexibility index (Phi) is 3.52. The summed E-state index contributed by atoms with van der Waals surface area (Å²) in [4.78, 5) is 0. The Morgan fingerprint density at radius 1 is 0.323 bits per heavy atom. The molecule has 0 bridgehead atoms. The van der Waals surface area contributed by atoms with Crippen LogP contribution in [0.5, 0.6) is 0 Å². The Hall–Kier alpha value is -2.08. The van der Waals surface area contributed by atoms with Crippen LogP contribution in [0.2, 0.25) is 0 Å². The van der Waals surface area contributed by atoms with Gasteiger partial charge in [-0.15, -0.1) is 0 Å². The number of hydrogen-bond donors (Lipinski definition) is 0. The zero-order valence-electron chi connectivity index (χ0n) is 16.3. The monoisotopic (exact) mass is 590 g/mol. The van der Waals surface area contributed by atoms with Gasteiger partial charge in [-0.05, 0) is 0 Å². The molecule has 0 N–H and O–H groups in total. The van der Waals surface area contributed by atoms with Gasteiger partial charge in [0.1, 0.15) is 0 Å². The Balaban J connectivity index is 1.49. The Morgan fingerprint density at radius 3 is 1.39 bits per heavy atom. The summed E-state index contributed by atoms with van der Waals surface area (Å²) in [6.45, 7) is 0. The van der Waals surface area contributed by atoms with Crippen molar-refractivity contribution in [1.29, 1.82) is 0 Å². The van der Waals surface area contributed by atoms with Gasteiger partial charge < -0.3 is 0 Å². The van der Waals surface area contributed by atoms with Crippen molar-refractivity contribution in [2.45, 2.75) is 0 Å². The van der Waals surface area contributed by atoms with Crippen molar-refractivity contribution in [2.24, 2.45) is 0 Å². The second-order valence-electron chi connectivity index (χ2n) is 8.19. The molecule has 0 saturated heterocycles. The maximum absolute atomic E-state index is 2.55. The minimum atomic E-state index is 0.395. The first-order valence-electron chi connectivity index (χ1n) is 10.3. The molecule has 0 fully saturated rings. The fourth-order valence-corrected chi connectivity index (χ4v) is 12.1. The van der Waals surface area contributed by atoms with Crippen LogP contribution in [0.1, 0.15) is 0 Å². The van der Waals surface area contributed by atoms with Crippen LogP contribution < -0.4 is 0 Å². The van der Waals surface area contributed by atoms with E-state index in [0.29, 0.717) is 43.5 Å². The zero-order chi connectivity index (χ0) is 20.1. The fourth-order valence-electron chi connectivity index (χ4n) is 4.95. The van der Waals surface area contributed by atoms with Crippen LogP contribution in [0.3, 0.4) is 0 Å². The first-order chi connectivity index (χ1) is 15.3. The van der Waals surface area contributed by atoms with E-state index >= 15 is 0 Å². The van der Waals surface area contributed by atoms with E-state index in [1.54, 1.807) is 25.6 Å². The molecule has 0 radical (unpaired) electrons. The quantitative estimate of drug-likeness (QED) is 0.169. The third-order valence-corrected chi connectivity index (χ3v) is 13.5. The van der Waals surface area contributed by atoms with Gasteiger partial charge in [-0.1, -0.05) is 0 Å². The molecule has 144 valence electrons. The van der Waals surface area contributed by atoms with Gasteiger partial charge >= 0.3 is 197 Å². The molecule has 0 aliphatic heterocycles. The molecule has 5 aromatic carbocycles. The van der Waals surface area contributed by atoms with Gasteiger partial charge in [-0.2, -0.15) is 0 Å². The molecule has 0 atom stereocenters. The molecule has 0 amide bonds. The van der Waals surface area contributed by atoms with Gasteiger partial charge in [-0.25, -0.2) is 0 Å². The van der Waals surface area contributed by atoms with E-state index in [2.05, 4.69) is 84.9 Å². The van der Waals surface area contributed by atoms with Crippen molar-refractivity contribution in [3.8, 4) is 0 Å². The van der Waals surface area contributed by atoms with Gasteiger partial charge in [0.25, 0.3) is 0 Å². The van der Waals surface area contributed by atoms with E-state index in [9.17, 15) is 0 Å². The average molecular weight is 587 g/mol. The molecule has 3 heterocycles. The van der Waals surface area contributed by atoms with Gasteiger partial charge in [0.15, 0.2) is 0 Å². The van der Waals surface area contributed by atoms with Crippen LogP contribution in [0.4, 0.5) is 0 Å². The van der Waals surface area contributed by atoms with E-state index in [-0.39, 0.29) is 0 Å². The molecule has 0 aliphatic carbocycles. The van der Waals surface area contributed by atoms with E-state index in [0.717, 1.165) is 0 Å². The zero-order valence-corrected chi connectivity index (χ0v) is 21.4. The average Bonchev–Trinajstić information content (AvgIpc) is 3.44. The molecule has 0 spiro atoms.